The van der Waals surface area contributed by atoms with Crippen molar-refractivity contribution in [3.8, 4) is 5.75 Å². The van der Waals surface area contributed by atoms with E-state index in [9.17, 15) is 18.3 Å². The second-order valence-electron chi connectivity index (χ2n) is 6.64. The zero-order valence-corrected chi connectivity index (χ0v) is 17.2. The predicted molar refractivity (Wildman–Crippen MR) is 112 cm³/mol. The van der Waals surface area contributed by atoms with Gasteiger partial charge < -0.3 is 14.8 Å². The van der Waals surface area contributed by atoms with E-state index in [0.29, 0.717) is 16.8 Å². The fraction of sp³-hybridized carbons (Fsp3) is 0.286. The number of fused-ring (bicyclic) bond motifs is 1. The van der Waals surface area contributed by atoms with Crippen molar-refractivity contribution < 1.29 is 18.3 Å². The number of aryl methyl sites for hydroxylation is 1. The first-order chi connectivity index (χ1) is 13.9. The molecule has 0 radical (unpaired) electrons. The van der Waals surface area contributed by atoms with Crippen LogP contribution in [0.15, 0.2) is 58.2 Å². The largest absolute Gasteiger partial charge is 0.497 e. The smallest absolute Gasteiger partial charge is 0.252 e. The molecule has 3 aromatic rings. The van der Waals surface area contributed by atoms with Gasteiger partial charge in [0, 0.05) is 24.2 Å². The van der Waals surface area contributed by atoms with Gasteiger partial charge >= 0.3 is 0 Å². The number of ether oxygens (including phenoxy) is 1. The molecule has 0 amide bonds. The van der Waals surface area contributed by atoms with E-state index in [1.807, 2.05) is 25.1 Å². The van der Waals surface area contributed by atoms with Crippen molar-refractivity contribution in [1.82, 2.24) is 9.29 Å². The lowest BCUT2D eigenvalue weighted by molar-refractivity contribution is 0.251. The van der Waals surface area contributed by atoms with Crippen LogP contribution in [-0.4, -0.2) is 43.1 Å². The zero-order valence-electron chi connectivity index (χ0n) is 16.4. The van der Waals surface area contributed by atoms with E-state index in [1.165, 1.54) is 19.2 Å². The topological polar surface area (TPSA) is 99.7 Å². The average molecular weight is 416 g/mol. The van der Waals surface area contributed by atoms with Crippen LogP contribution in [0.5, 0.6) is 5.75 Å². The maximum absolute atomic E-state index is 13.1. The maximum Gasteiger partial charge on any atom is 0.252 e. The van der Waals surface area contributed by atoms with Crippen molar-refractivity contribution in [1.29, 1.82) is 0 Å². The zero-order chi connectivity index (χ0) is 21.0. The molecule has 0 atom stereocenters. The number of aromatic nitrogens is 1. The number of pyridine rings is 1. The number of aliphatic hydroxyl groups excluding tert-OH is 1. The molecular weight excluding hydrogens is 392 g/mol. The van der Waals surface area contributed by atoms with Crippen molar-refractivity contribution in [3.05, 3.63) is 70.0 Å². The summed E-state index contributed by atoms with van der Waals surface area (Å²) in [6.45, 7) is 1.41. The number of nitrogens with one attached hydrogen (secondary N) is 1. The van der Waals surface area contributed by atoms with Gasteiger partial charge in [0.1, 0.15) is 5.75 Å². The summed E-state index contributed by atoms with van der Waals surface area (Å²) in [5.41, 5.74) is 1.78. The van der Waals surface area contributed by atoms with Gasteiger partial charge in [0.2, 0.25) is 10.0 Å². The SMILES string of the molecule is CCc1ccc2[nH]c(=O)c(CN(CCO)S(=O)(=O)c3ccc(OC)cc3)cc2c1. The van der Waals surface area contributed by atoms with E-state index >= 15 is 0 Å². The highest BCUT2D eigenvalue weighted by molar-refractivity contribution is 7.89. The van der Waals surface area contributed by atoms with Gasteiger partial charge in [0.25, 0.3) is 5.56 Å². The number of nitrogens with zero attached hydrogens (tertiary/aromatic N) is 1. The number of aliphatic hydroxyl groups is 1. The van der Waals surface area contributed by atoms with Crippen LogP contribution in [0.3, 0.4) is 0 Å². The molecule has 154 valence electrons. The predicted octanol–water partition coefficient (Wildman–Crippen LogP) is 2.28. The average Bonchev–Trinajstić information content (AvgIpc) is 2.73. The fourth-order valence-corrected chi connectivity index (χ4v) is 4.53. The second-order valence-corrected chi connectivity index (χ2v) is 8.57. The molecule has 0 spiro atoms. The quantitative estimate of drug-likeness (QED) is 0.587. The van der Waals surface area contributed by atoms with Gasteiger partial charge in [-0.3, -0.25) is 4.79 Å². The van der Waals surface area contributed by atoms with Gasteiger partial charge in [-0.05, 0) is 59.8 Å². The molecule has 0 aliphatic rings. The van der Waals surface area contributed by atoms with E-state index in [2.05, 4.69) is 4.98 Å². The summed E-state index contributed by atoms with van der Waals surface area (Å²) in [5.74, 6) is 0.537. The van der Waals surface area contributed by atoms with Crippen LogP contribution in [-0.2, 0) is 23.0 Å². The van der Waals surface area contributed by atoms with Crippen molar-refractivity contribution >= 4 is 20.9 Å². The summed E-state index contributed by atoms with van der Waals surface area (Å²) in [4.78, 5) is 15.4. The van der Waals surface area contributed by atoms with Crippen molar-refractivity contribution in [2.24, 2.45) is 0 Å². The summed E-state index contributed by atoms with van der Waals surface area (Å²) >= 11 is 0. The van der Waals surface area contributed by atoms with Gasteiger partial charge in [0.05, 0.1) is 18.6 Å². The molecule has 0 aliphatic carbocycles. The highest BCUT2D eigenvalue weighted by Gasteiger charge is 2.25. The van der Waals surface area contributed by atoms with Crippen LogP contribution in [0.2, 0.25) is 0 Å². The van der Waals surface area contributed by atoms with Gasteiger partial charge in [-0.1, -0.05) is 13.0 Å². The Kier molecular flexibility index (Phi) is 6.36. The van der Waals surface area contributed by atoms with Crippen LogP contribution >= 0.6 is 0 Å². The lowest BCUT2D eigenvalue weighted by Crippen LogP contribution is -2.35. The monoisotopic (exact) mass is 416 g/mol. The van der Waals surface area contributed by atoms with E-state index in [4.69, 9.17) is 4.74 Å². The first-order valence-corrected chi connectivity index (χ1v) is 10.7. The van der Waals surface area contributed by atoms with E-state index < -0.39 is 10.0 Å². The highest BCUT2D eigenvalue weighted by Crippen LogP contribution is 2.21. The highest BCUT2D eigenvalue weighted by atomic mass is 32.2. The Morgan fingerprint density at radius 3 is 2.45 bits per heavy atom. The fourth-order valence-electron chi connectivity index (χ4n) is 3.12. The molecule has 0 unspecified atom stereocenters. The van der Waals surface area contributed by atoms with Crippen LogP contribution in [0.1, 0.15) is 18.1 Å². The molecule has 0 aliphatic heterocycles. The minimum Gasteiger partial charge on any atom is -0.497 e. The Balaban J connectivity index is 1.99. The summed E-state index contributed by atoms with van der Waals surface area (Å²) in [6.07, 6.45) is 0.854. The Hall–Kier alpha value is -2.68. The van der Waals surface area contributed by atoms with Crippen LogP contribution < -0.4 is 10.3 Å². The van der Waals surface area contributed by atoms with E-state index in [1.54, 1.807) is 18.2 Å². The first kappa shape index (κ1) is 21.0. The molecule has 0 saturated heterocycles. The van der Waals surface area contributed by atoms with Crippen LogP contribution in [0, 0.1) is 0 Å². The van der Waals surface area contributed by atoms with Gasteiger partial charge in [0.15, 0.2) is 0 Å². The standard InChI is InChI=1S/C21H24N2O5S/c1-3-15-4-9-20-16(12-15)13-17(21(25)22-20)14-23(10-11-24)29(26,27)19-7-5-18(28-2)6-8-19/h4-9,12-13,24H,3,10-11,14H2,1-2H3,(H,22,25). The first-order valence-electron chi connectivity index (χ1n) is 9.29. The summed E-state index contributed by atoms with van der Waals surface area (Å²) in [6, 6.07) is 13.5. The molecule has 29 heavy (non-hydrogen) atoms. The lowest BCUT2D eigenvalue weighted by atomic mass is 10.1. The number of H-pyrrole nitrogens is 1. The Labute approximate surface area is 169 Å². The van der Waals surface area contributed by atoms with Crippen LogP contribution in [0.25, 0.3) is 10.9 Å². The normalized spacial score (nSPS) is 11.9. The molecule has 0 saturated carbocycles. The molecule has 1 aromatic heterocycles. The number of aromatic amines is 1. The third kappa shape index (κ3) is 4.50. The number of sulfonamides is 1. The molecule has 1 heterocycles. The summed E-state index contributed by atoms with van der Waals surface area (Å²) in [7, 11) is -2.41. The molecule has 2 N–H and O–H groups in total. The van der Waals surface area contributed by atoms with Crippen molar-refractivity contribution in [2.45, 2.75) is 24.8 Å². The summed E-state index contributed by atoms with van der Waals surface area (Å²) in [5, 5.41) is 10.2. The lowest BCUT2D eigenvalue weighted by Gasteiger charge is -2.21. The number of hydrogen-bond acceptors (Lipinski definition) is 5. The van der Waals surface area contributed by atoms with Crippen LogP contribution in [0.4, 0.5) is 0 Å². The third-order valence-electron chi connectivity index (χ3n) is 4.79. The van der Waals surface area contributed by atoms with Crippen molar-refractivity contribution in [2.75, 3.05) is 20.3 Å². The third-order valence-corrected chi connectivity index (χ3v) is 6.65. The Morgan fingerprint density at radius 1 is 1.10 bits per heavy atom. The van der Waals surface area contributed by atoms with Gasteiger partial charge in [-0.15, -0.1) is 0 Å². The molecule has 0 fully saturated rings. The molecule has 2 aromatic carbocycles. The molecular formula is C21H24N2O5S. The minimum atomic E-state index is -3.90. The second kappa shape index (κ2) is 8.77. The van der Waals surface area contributed by atoms with E-state index in [0.717, 1.165) is 21.7 Å². The van der Waals surface area contributed by atoms with Gasteiger partial charge in [-0.2, -0.15) is 4.31 Å². The number of rotatable bonds is 8. The molecule has 0 bridgehead atoms. The number of benzene rings is 2. The Bertz CT molecular complexity index is 1150. The molecule has 7 nitrogen and oxygen atoms in total. The molecule has 3 rings (SSSR count). The number of hydrogen-bond donors (Lipinski definition) is 2. The minimum absolute atomic E-state index is 0.0669. The van der Waals surface area contributed by atoms with Gasteiger partial charge in [-0.25, -0.2) is 8.42 Å². The van der Waals surface area contributed by atoms with E-state index in [-0.39, 0.29) is 30.2 Å². The summed E-state index contributed by atoms with van der Waals surface area (Å²) < 4.78 is 32.3. The number of methoxy groups -OCH3 is 1. The molecule has 8 heteroatoms. The Morgan fingerprint density at radius 2 is 1.83 bits per heavy atom. The maximum atomic E-state index is 13.1. The van der Waals surface area contributed by atoms with Crippen molar-refractivity contribution in [3.63, 3.8) is 0 Å².